The molecule has 1 aromatic heterocycles. The number of hydrogen-bond donors (Lipinski definition) is 3. The minimum Gasteiger partial charge on any atom is -0.392 e. The molecule has 1 aliphatic carbocycles. The van der Waals surface area contributed by atoms with Crippen LogP contribution >= 0.6 is 0 Å². The Bertz CT molecular complexity index is 955. The third kappa shape index (κ3) is 3.64. The molecular weight excluding hydrogens is 336 g/mol. The van der Waals surface area contributed by atoms with Crippen molar-refractivity contribution in [3.63, 3.8) is 0 Å². The average molecular weight is 360 g/mol. The molecule has 4 rings (SSSR count). The average Bonchev–Trinajstić information content (AvgIpc) is 3.39. The van der Waals surface area contributed by atoms with Gasteiger partial charge in [0, 0.05) is 28.6 Å². The van der Waals surface area contributed by atoms with Crippen LogP contribution in [-0.2, 0) is 6.61 Å². The van der Waals surface area contributed by atoms with Crippen LogP contribution in [0.1, 0.15) is 37.3 Å². The predicted molar refractivity (Wildman–Crippen MR) is 109 cm³/mol. The zero-order chi connectivity index (χ0) is 18.8. The molecule has 1 saturated carbocycles. The van der Waals surface area contributed by atoms with Crippen LogP contribution in [0.15, 0.2) is 54.7 Å². The number of aliphatic hydroxyl groups is 1. The topological polar surface area (TPSA) is 73.9 Å². The Kier molecular flexibility index (Phi) is 4.77. The molecule has 0 bridgehead atoms. The Labute approximate surface area is 159 Å². The molecule has 5 heteroatoms. The fraction of sp³-hybridized carbons (Fsp3) is 0.273. The van der Waals surface area contributed by atoms with E-state index in [-0.39, 0.29) is 6.61 Å². The standard InChI is InChI=1S/C22H24N4O/c1-2-20(23)19-10-5-16(13-21(19)25-17-6-7-17)22-11-12-24-26(22)18-8-3-15(14-27)4-9-18/h3-5,8-13,17,23,25,27H,2,6-7,14H2,1H3. The highest BCUT2D eigenvalue weighted by molar-refractivity contribution is 6.03. The third-order valence-corrected chi connectivity index (χ3v) is 4.94. The summed E-state index contributed by atoms with van der Waals surface area (Å²) in [6.07, 6.45) is 4.90. The summed E-state index contributed by atoms with van der Waals surface area (Å²) in [7, 11) is 0. The van der Waals surface area contributed by atoms with Crippen molar-refractivity contribution >= 4 is 11.4 Å². The molecule has 3 aromatic rings. The smallest absolute Gasteiger partial charge is 0.0741 e. The molecule has 2 aromatic carbocycles. The van der Waals surface area contributed by atoms with Gasteiger partial charge in [0.1, 0.15) is 0 Å². The van der Waals surface area contributed by atoms with E-state index in [0.29, 0.717) is 18.2 Å². The largest absolute Gasteiger partial charge is 0.392 e. The van der Waals surface area contributed by atoms with E-state index in [2.05, 4.69) is 22.5 Å². The number of aliphatic hydroxyl groups excluding tert-OH is 1. The maximum absolute atomic E-state index is 9.24. The second-order valence-electron chi connectivity index (χ2n) is 6.96. The van der Waals surface area contributed by atoms with Crippen molar-refractivity contribution in [3.8, 4) is 16.9 Å². The molecule has 27 heavy (non-hydrogen) atoms. The van der Waals surface area contributed by atoms with Gasteiger partial charge in [0.05, 0.1) is 24.2 Å². The normalized spacial score (nSPS) is 13.6. The van der Waals surface area contributed by atoms with E-state index in [0.717, 1.165) is 33.8 Å². The number of benzene rings is 2. The summed E-state index contributed by atoms with van der Waals surface area (Å²) >= 11 is 0. The molecule has 0 saturated heterocycles. The van der Waals surface area contributed by atoms with E-state index in [4.69, 9.17) is 5.41 Å². The van der Waals surface area contributed by atoms with E-state index < -0.39 is 0 Å². The van der Waals surface area contributed by atoms with Crippen LogP contribution in [0.25, 0.3) is 16.9 Å². The summed E-state index contributed by atoms with van der Waals surface area (Å²) in [4.78, 5) is 0. The van der Waals surface area contributed by atoms with Gasteiger partial charge in [0.2, 0.25) is 0 Å². The van der Waals surface area contributed by atoms with Gasteiger partial charge in [-0.05, 0) is 49.1 Å². The van der Waals surface area contributed by atoms with Crippen molar-refractivity contribution in [2.75, 3.05) is 5.32 Å². The summed E-state index contributed by atoms with van der Waals surface area (Å²) in [5, 5.41) is 25.6. The highest BCUT2D eigenvalue weighted by Gasteiger charge is 2.23. The molecule has 0 spiro atoms. The van der Waals surface area contributed by atoms with Gasteiger partial charge >= 0.3 is 0 Å². The number of hydrogen-bond acceptors (Lipinski definition) is 4. The zero-order valence-electron chi connectivity index (χ0n) is 15.4. The molecule has 0 atom stereocenters. The Morgan fingerprint density at radius 2 is 1.96 bits per heavy atom. The van der Waals surface area contributed by atoms with Crippen molar-refractivity contribution in [1.82, 2.24) is 9.78 Å². The second kappa shape index (κ2) is 7.37. The van der Waals surface area contributed by atoms with Gasteiger partial charge < -0.3 is 15.8 Å². The highest BCUT2D eigenvalue weighted by atomic mass is 16.3. The van der Waals surface area contributed by atoms with Crippen LogP contribution in [-0.4, -0.2) is 26.6 Å². The maximum Gasteiger partial charge on any atom is 0.0741 e. The minimum atomic E-state index is 0.0350. The quantitative estimate of drug-likeness (QED) is 0.547. The molecule has 0 aliphatic heterocycles. The summed E-state index contributed by atoms with van der Waals surface area (Å²) in [5.74, 6) is 0. The van der Waals surface area contributed by atoms with Crippen LogP contribution in [0.2, 0.25) is 0 Å². The van der Waals surface area contributed by atoms with E-state index in [1.807, 2.05) is 48.0 Å². The van der Waals surface area contributed by atoms with Gasteiger partial charge in [0.25, 0.3) is 0 Å². The lowest BCUT2D eigenvalue weighted by atomic mass is 10.0. The van der Waals surface area contributed by atoms with Crippen LogP contribution in [0.3, 0.4) is 0 Å². The van der Waals surface area contributed by atoms with Crippen molar-refractivity contribution in [2.24, 2.45) is 0 Å². The molecule has 1 aliphatic rings. The SMILES string of the molecule is CCC(=N)c1ccc(-c2ccnn2-c2ccc(CO)cc2)cc1NC1CC1. The van der Waals surface area contributed by atoms with Crippen LogP contribution in [0.4, 0.5) is 5.69 Å². The first-order valence-electron chi connectivity index (χ1n) is 9.42. The number of anilines is 1. The van der Waals surface area contributed by atoms with Gasteiger partial charge in [0.15, 0.2) is 0 Å². The monoisotopic (exact) mass is 360 g/mol. The molecule has 3 N–H and O–H groups in total. The summed E-state index contributed by atoms with van der Waals surface area (Å²) in [6, 6.07) is 16.5. The van der Waals surface area contributed by atoms with Crippen LogP contribution < -0.4 is 5.32 Å². The van der Waals surface area contributed by atoms with Crippen molar-refractivity contribution in [2.45, 2.75) is 38.8 Å². The Morgan fingerprint density at radius 3 is 2.63 bits per heavy atom. The lowest BCUT2D eigenvalue weighted by molar-refractivity contribution is 0.282. The number of nitrogens with one attached hydrogen (secondary N) is 2. The van der Waals surface area contributed by atoms with Crippen LogP contribution in [0, 0.1) is 5.41 Å². The second-order valence-corrected chi connectivity index (χ2v) is 6.96. The van der Waals surface area contributed by atoms with E-state index in [1.54, 1.807) is 6.20 Å². The predicted octanol–water partition coefficient (Wildman–Crippen LogP) is 4.38. The van der Waals surface area contributed by atoms with Crippen molar-refractivity contribution in [1.29, 1.82) is 5.41 Å². The van der Waals surface area contributed by atoms with Crippen molar-refractivity contribution < 1.29 is 5.11 Å². The fourth-order valence-electron chi connectivity index (χ4n) is 3.19. The Hall–Kier alpha value is -2.92. The molecule has 0 unspecified atom stereocenters. The fourth-order valence-corrected chi connectivity index (χ4v) is 3.19. The summed E-state index contributed by atoms with van der Waals surface area (Å²) < 4.78 is 1.90. The van der Waals surface area contributed by atoms with E-state index in [1.165, 1.54) is 12.8 Å². The highest BCUT2D eigenvalue weighted by Crippen LogP contribution is 2.32. The first-order chi connectivity index (χ1) is 13.2. The van der Waals surface area contributed by atoms with Crippen molar-refractivity contribution in [3.05, 3.63) is 65.9 Å². The molecular formula is C22H24N4O. The first kappa shape index (κ1) is 17.5. The lowest BCUT2D eigenvalue weighted by Gasteiger charge is -2.15. The lowest BCUT2D eigenvalue weighted by Crippen LogP contribution is -2.08. The third-order valence-electron chi connectivity index (χ3n) is 4.94. The Morgan fingerprint density at radius 1 is 1.19 bits per heavy atom. The minimum absolute atomic E-state index is 0.0350. The summed E-state index contributed by atoms with van der Waals surface area (Å²) in [6.45, 7) is 2.05. The number of rotatable bonds is 7. The van der Waals surface area contributed by atoms with E-state index >= 15 is 0 Å². The summed E-state index contributed by atoms with van der Waals surface area (Å²) in [5.41, 5.74) is 6.56. The van der Waals surface area contributed by atoms with Gasteiger partial charge in [-0.2, -0.15) is 5.10 Å². The zero-order valence-corrected chi connectivity index (χ0v) is 15.4. The van der Waals surface area contributed by atoms with Gasteiger partial charge in [-0.3, -0.25) is 0 Å². The van der Waals surface area contributed by atoms with Gasteiger partial charge in [-0.25, -0.2) is 4.68 Å². The molecule has 138 valence electrons. The van der Waals surface area contributed by atoms with Gasteiger partial charge in [-0.15, -0.1) is 0 Å². The van der Waals surface area contributed by atoms with Gasteiger partial charge in [-0.1, -0.05) is 31.2 Å². The van der Waals surface area contributed by atoms with E-state index in [9.17, 15) is 5.11 Å². The molecule has 1 heterocycles. The number of aromatic nitrogens is 2. The maximum atomic E-state index is 9.24. The molecule has 1 fully saturated rings. The molecule has 0 radical (unpaired) electrons. The first-order valence-corrected chi connectivity index (χ1v) is 9.42. The molecule has 5 nitrogen and oxygen atoms in total. The number of nitrogens with zero attached hydrogens (tertiary/aromatic N) is 2. The molecule has 0 amide bonds. The Balaban J connectivity index is 1.73. The van der Waals surface area contributed by atoms with Crippen LogP contribution in [0.5, 0.6) is 0 Å².